The third kappa shape index (κ3) is 1.81. The van der Waals surface area contributed by atoms with Gasteiger partial charge in [0.15, 0.2) is 0 Å². The molecule has 4 bridgehead atoms. The summed E-state index contributed by atoms with van der Waals surface area (Å²) in [5, 5.41) is 3.76. The van der Waals surface area contributed by atoms with Crippen LogP contribution in [0.2, 0.25) is 0 Å². The van der Waals surface area contributed by atoms with Crippen LogP contribution in [-0.4, -0.2) is 12.6 Å². The van der Waals surface area contributed by atoms with Crippen LogP contribution in [-0.2, 0) is 0 Å². The first-order valence-electron chi connectivity index (χ1n) is 7.51. The largest absolute Gasteiger partial charge is 0.314 e. The van der Waals surface area contributed by atoms with Crippen molar-refractivity contribution in [1.29, 1.82) is 0 Å². The molecule has 1 nitrogen and oxygen atoms in total. The summed E-state index contributed by atoms with van der Waals surface area (Å²) in [5.41, 5.74) is 0. The molecule has 0 spiro atoms. The van der Waals surface area contributed by atoms with E-state index in [0.717, 1.165) is 35.6 Å². The van der Waals surface area contributed by atoms with Gasteiger partial charge in [-0.25, -0.2) is 0 Å². The Morgan fingerprint density at radius 1 is 1.00 bits per heavy atom. The van der Waals surface area contributed by atoms with E-state index in [1.54, 1.807) is 32.1 Å². The molecule has 0 heterocycles. The summed E-state index contributed by atoms with van der Waals surface area (Å²) in [7, 11) is 0. The van der Waals surface area contributed by atoms with E-state index in [2.05, 4.69) is 19.2 Å². The maximum atomic E-state index is 3.76. The molecule has 1 heteroatoms. The van der Waals surface area contributed by atoms with Crippen LogP contribution >= 0.6 is 0 Å². The SMILES string of the molecule is CCCNC(C)C1C2CC3CC(C2)CC1C3. The highest BCUT2D eigenvalue weighted by molar-refractivity contribution is 5.00. The Morgan fingerprint density at radius 3 is 2.06 bits per heavy atom. The number of hydrogen-bond donors (Lipinski definition) is 1. The summed E-state index contributed by atoms with van der Waals surface area (Å²) in [5.74, 6) is 5.42. The van der Waals surface area contributed by atoms with Crippen molar-refractivity contribution in [2.75, 3.05) is 6.54 Å². The molecule has 1 atom stereocenters. The van der Waals surface area contributed by atoms with Gasteiger partial charge in [0.2, 0.25) is 0 Å². The van der Waals surface area contributed by atoms with Crippen molar-refractivity contribution in [3.63, 3.8) is 0 Å². The van der Waals surface area contributed by atoms with Crippen LogP contribution in [0.1, 0.15) is 52.4 Å². The minimum Gasteiger partial charge on any atom is -0.314 e. The monoisotopic (exact) mass is 221 g/mol. The third-order valence-electron chi connectivity index (χ3n) is 5.59. The summed E-state index contributed by atoms with van der Waals surface area (Å²) in [6.45, 7) is 5.93. The first kappa shape index (κ1) is 11.1. The van der Waals surface area contributed by atoms with Crippen molar-refractivity contribution in [2.45, 2.75) is 58.4 Å². The average molecular weight is 221 g/mol. The van der Waals surface area contributed by atoms with E-state index in [1.807, 2.05) is 0 Å². The molecule has 0 saturated heterocycles. The van der Waals surface area contributed by atoms with E-state index >= 15 is 0 Å². The smallest absolute Gasteiger partial charge is 0.00722 e. The molecule has 4 saturated carbocycles. The number of nitrogens with one attached hydrogen (secondary N) is 1. The molecule has 4 aliphatic carbocycles. The zero-order valence-corrected chi connectivity index (χ0v) is 10.9. The number of rotatable bonds is 4. The molecule has 4 fully saturated rings. The topological polar surface area (TPSA) is 12.0 Å². The van der Waals surface area contributed by atoms with Crippen LogP contribution in [0, 0.1) is 29.6 Å². The van der Waals surface area contributed by atoms with Crippen LogP contribution in [0.3, 0.4) is 0 Å². The molecular weight excluding hydrogens is 194 g/mol. The number of hydrogen-bond acceptors (Lipinski definition) is 1. The Labute approximate surface area is 100 Å². The highest BCUT2D eigenvalue weighted by Crippen LogP contribution is 2.57. The fourth-order valence-electron chi connectivity index (χ4n) is 5.29. The molecule has 0 aromatic carbocycles. The molecule has 92 valence electrons. The first-order valence-corrected chi connectivity index (χ1v) is 7.51. The zero-order chi connectivity index (χ0) is 11.1. The molecule has 0 aromatic heterocycles. The Kier molecular flexibility index (Phi) is 2.99. The maximum Gasteiger partial charge on any atom is 0.00722 e. The van der Waals surface area contributed by atoms with Gasteiger partial charge in [-0.2, -0.15) is 0 Å². The van der Waals surface area contributed by atoms with E-state index in [9.17, 15) is 0 Å². The van der Waals surface area contributed by atoms with Crippen LogP contribution in [0.25, 0.3) is 0 Å². The van der Waals surface area contributed by atoms with E-state index in [-0.39, 0.29) is 0 Å². The van der Waals surface area contributed by atoms with Gasteiger partial charge in [0, 0.05) is 6.04 Å². The third-order valence-corrected chi connectivity index (χ3v) is 5.59. The van der Waals surface area contributed by atoms with Crippen molar-refractivity contribution in [2.24, 2.45) is 29.6 Å². The van der Waals surface area contributed by atoms with Crippen molar-refractivity contribution in [1.82, 2.24) is 5.32 Å². The molecule has 1 unspecified atom stereocenters. The van der Waals surface area contributed by atoms with Crippen molar-refractivity contribution < 1.29 is 0 Å². The molecule has 4 aliphatic rings. The molecule has 1 N–H and O–H groups in total. The van der Waals surface area contributed by atoms with Gasteiger partial charge in [-0.15, -0.1) is 0 Å². The lowest BCUT2D eigenvalue weighted by Crippen LogP contribution is -2.52. The quantitative estimate of drug-likeness (QED) is 0.767. The molecule has 0 radical (unpaired) electrons. The highest BCUT2D eigenvalue weighted by atomic mass is 14.9. The Bertz CT molecular complexity index is 220. The van der Waals surface area contributed by atoms with Crippen molar-refractivity contribution in [3.8, 4) is 0 Å². The van der Waals surface area contributed by atoms with Crippen LogP contribution in [0.15, 0.2) is 0 Å². The van der Waals surface area contributed by atoms with Crippen molar-refractivity contribution >= 4 is 0 Å². The predicted octanol–water partition coefficient (Wildman–Crippen LogP) is 3.45. The summed E-state index contributed by atoms with van der Waals surface area (Å²) < 4.78 is 0. The molecule has 0 aromatic rings. The minimum atomic E-state index is 0.773. The van der Waals surface area contributed by atoms with Crippen LogP contribution in [0.5, 0.6) is 0 Å². The Hall–Kier alpha value is -0.0400. The minimum absolute atomic E-state index is 0.773. The van der Waals surface area contributed by atoms with Gasteiger partial charge >= 0.3 is 0 Å². The molecule has 0 amide bonds. The second kappa shape index (κ2) is 4.33. The zero-order valence-electron chi connectivity index (χ0n) is 10.9. The van der Waals surface area contributed by atoms with Crippen molar-refractivity contribution in [3.05, 3.63) is 0 Å². The fourth-order valence-corrected chi connectivity index (χ4v) is 5.29. The molecule has 16 heavy (non-hydrogen) atoms. The average Bonchev–Trinajstić information content (AvgIpc) is 2.24. The van der Waals surface area contributed by atoms with E-state index in [4.69, 9.17) is 0 Å². The van der Waals surface area contributed by atoms with Gasteiger partial charge in [0.05, 0.1) is 0 Å². The lowest BCUT2D eigenvalue weighted by molar-refractivity contribution is -0.0491. The Balaban J connectivity index is 1.67. The molecule has 4 rings (SSSR count). The van der Waals surface area contributed by atoms with Gasteiger partial charge in [-0.05, 0) is 81.6 Å². The molecule has 0 aliphatic heterocycles. The summed E-state index contributed by atoms with van der Waals surface area (Å²) >= 11 is 0. The van der Waals surface area contributed by atoms with Crippen LogP contribution < -0.4 is 5.32 Å². The predicted molar refractivity (Wildman–Crippen MR) is 68.3 cm³/mol. The molecular formula is C15H27N. The summed E-state index contributed by atoms with van der Waals surface area (Å²) in [6, 6.07) is 0.773. The van der Waals surface area contributed by atoms with Crippen LogP contribution in [0.4, 0.5) is 0 Å². The second-order valence-corrected chi connectivity index (χ2v) is 6.75. The highest BCUT2D eigenvalue weighted by Gasteiger charge is 2.49. The van der Waals surface area contributed by atoms with Gasteiger partial charge < -0.3 is 5.32 Å². The van der Waals surface area contributed by atoms with Gasteiger partial charge in [-0.1, -0.05) is 6.92 Å². The van der Waals surface area contributed by atoms with Gasteiger partial charge in [0.25, 0.3) is 0 Å². The lowest BCUT2D eigenvalue weighted by atomic mass is 9.50. The summed E-state index contributed by atoms with van der Waals surface area (Å²) in [6.07, 6.45) is 9.12. The Morgan fingerprint density at radius 2 is 1.56 bits per heavy atom. The lowest BCUT2D eigenvalue weighted by Gasteiger charge is -2.56. The summed E-state index contributed by atoms with van der Waals surface area (Å²) in [4.78, 5) is 0. The maximum absolute atomic E-state index is 3.76. The fraction of sp³-hybridized carbons (Fsp3) is 1.00. The standard InChI is InChI=1S/C15H27N/c1-3-4-16-10(2)15-13-6-11-5-12(8-13)9-14(15)7-11/h10-16H,3-9H2,1-2H3. The van der Waals surface area contributed by atoms with Gasteiger partial charge in [-0.3, -0.25) is 0 Å². The normalized spacial score (nSPS) is 47.2. The van der Waals surface area contributed by atoms with E-state index in [0.29, 0.717) is 0 Å². The van der Waals surface area contributed by atoms with Gasteiger partial charge in [0.1, 0.15) is 0 Å². The first-order chi connectivity index (χ1) is 7.78. The van der Waals surface area contributed by atoms with E-state index in [1.165, 1.54) is 13.0 Å². The second-order valence-electron chi connectivity index (χ2n) is 6.75. The van der Waals surface area contributed by atoms with E-state index < -0.39 is 0 Å².